The summed E-state index contributed by atoms with van der Waals surface area (Å²) in [7, 11) is 0. The Bertz CT molecular complexity index is 388. The molecule has 0 aliphatic heterocycles. The smallest absolute Gasteiger partial charge is 0.392 e. The first kappa shape index (κ1) is 11.3. The van der Waals surface area contributed by atoms with Gasteiger partial charge in [-0.2, -0.15) is 13.2 Å². The van der Waals surface area contributed by atoms with Gasteiger partial charge in [-0.1, -0.05) is 0 Å². The normalized spacial score (nSPS) is 11.4. The highest BCUT2D eigenvalue weighted by atomic mass is 19.4. The second-order valence-electron chi connectivity index (χ2n) is 2.66. The highest BCUT2D eigenvalue weighted by Crippen LogP contribution is 2.20. The Morgan fingerprint density at radius 3 is 2.80 bits per heavy atom. The van der Waals surface area contributed by atoms with Crippen LogP contribution < -0.4 is 16.0 Å². The molecule has 1 heterocycles. The number of hydrogen-bond acceptors (Lipinski definition) is 4. The van der Waals surface area contributed by atoms with Crippen LogP contribution in [0.1, 0.15) is 6.42 Å². The minimum Gasteiger partial charge on any atom is -0.476 e. The van der Waals surface area contributed by atoms with Crippen molar-refractivity contribution >= 4 is 5.69 Å². The summed E-state index contributed by atoms with van der Waals surface area (Å²) in [5, 5.41) is 0. The molecule has 0 aliphatic carbocycles. The summed E-state index contributed by atoms with van der Waals surface area (Å²) in [6, 6.07) is 0. The number of aromatic amines is 1. The SMILES string of the molecule is Nc1c(OCCC(F)(F)F)nc[nH]c1=O. The number of nitrogens with zero attached hydrogens (tertiary/aromatic N) is 1. The largest absolute Gasteiger partial charge is 0.476 e. The first-order valence-electron chi connectivity index (χ1n) is 3.93. The monoisotopic (exact) mass is 223 g/mol. The van der Waals surface area contributed by atoms with Crippen molar-refractivity contribution in [1.29, 1.82) is 0 Å². The number of rotatable bonds is 3. The average molecular weight is 223 g/mol. The van der Waals surface area contributed by atoms with Gasteiger partial charge < -0.3 is 15.5 Å². The van der Waals surface area contributed by atoms with Gasteiger partial charge in [0.2, 0.25) is 5.88 Å². The van der Waals surface area contributed by atoms with Gasteiger partial charge in [-0.3, -0.25) is 4.79 Å². The zero-order valence-corrected chi connectivity index (χ0v) is 7.47. The Balaban J connectivity index is 2.59. The lowest BCUT2D eigenvalue weighted by Gasteiger charge is -2.08. The van der Waals surface area contributed by atoms with Gasteiger partial charge in [-0.05, 0) is 0 Å². The van der Waals surface area contributed by atoms with Gasteiger partial charge in [0.15, 0.2) is 5.69 Å². The van der Waals surface area contributed by atoms with Gasteiger partial charge >= 0.3 is 6.18 Å². The van der Waals surface area contributed by atoms with Gasteiger partial charge in [-0.25, -0.2) is 4.98 Å². The number of aromatic nitrogens is 2. The molecule has 1 rings (SSSR count). The van der Waals surface area contributed by atoms with Crippen LogP contribution in [0.15, 0.2) is 11.1 Å². The van der Waals surface area contributed by atoms with Gasteiger partial charge in [-0.15, -0.1) is 0 Å². The van der Waals surface area contributed by atoms with Crippen molar-refractivity contribution in [2.45, 2.75) is 12.6 Å². The molecular formula is C7H8F3N3O2. The van der Waals surface area contributed by atoms with E-state index in [4.69, 9.17) is 5.73 Å². The van der Waals surface area contributed by atoms with Crippen molar-refractivity contribution in [3.63, 3.8) is 0 Å². The lowest BCUT2D eigenvalue weighted by Crippen LogP contribution is -2.17. The minimum absolute atomic E-state index is 0.289. The third-order valence-corrected chi connectivity index (χ3v) is 1.48. The summed E-state index contributed by atoms with van der Waals surface area (Å²) in [5.41, 5.74) is 4.24. The topological polar surface area (TPSA) is 81.0 Å². The molecular weight excluding hydrogens is 215 g/mol. The van der Waals surface area contributed by atoms with Crippen molar-refractivity contribution in [2.24, 2.45) is 0 Å². The molecule has 0 aromatic carbocycles. The van der Waals surface area contributed by atoms with Gasteiger partial charge in [0.25, 0.3) is 5.56 Å². The number of nitrogens with two attached hydrogens (primary N) is 1. The van der Waals surface area contributed by atoms with E-state index < -0.39 is 24.8 Å². The molecule has 0 radical (unpaired) electrons. The number of halogens is 3. The van der Waals surface area contributed by atoms with E-state index in [-0.39, 0.29) is 11.6 Å². The maximum Gasteiger partial charge on any atom is 0.392 e. The molecule has 0 spiro atoms. The van der Waals surface area contributed by atoms with E-state index in [1.165, 1.54) is 0 Å². The van der Waals surface area contributed by atoms with E-state index >= 15 is 0 Å². The fraction of sp³-hybridized carbons (Fsp3) is 0.429. The highest BCUT2D eigenvalue weighted by molar-refractivity contribution is 5.44. The summed E-state index contributed by atoms with van der Waals surface area (Å²) < 4.78 is 39.8. The fourth-order valence-corrected chi connectivity index (χ4v) is 0.772. The lowest BCUT2D eigenvalue weighted by molar-refractivity contribution is -0.139. The molecule has 1 aromatic rings. The molecule has 84 valence electrons. The fourth-order valence-electron chi connectivity index (χ4n) is 0.772. The third-order valence-electron chi connectivity index (χ3n) is 1.48. The Kier molecular flexibility index (Phi) is 3.17. The number of nitrogen functional groups attached to an aromatic ring is 1. The highest BCUT2D eigenvalue weighted by Gasteiger charge is 2.27. The molecule has 0 amide bonds. The van der Waals surface area contributed by atoms with E-state index in [9.17, 15) is 18.0 Å². The molecule has 0 bridgehead atoms. The standard InChI is InChI=1S/C7H8F3N3O2/c8-7(9,10)1-2-15-6-4(11)5(14)12-3-13-6/h3H,1-2,11H2,(H,12,13,14). The lowest BCUT2D eigenvalue weighted by atomic mass is 10.4. The molecule has 0 saturated carbocycles. The molecule has 15 heavy (non-hydrogen) atoms. The van der Waals surface area contributed by atoms with Crippen LogP contribution >= 0.6 is 0 Å². The molecule has 0 unspecified atom stereocenters. The van der Waals surface area contributed by atoms with Crippen LogP contribution in [0.3, 0.4) is 0 Å². The Labute approximate surface area is 82.1 Å². The second kappa shape index (κ2) is 4.20. The van der Waals surface area contributed by atoms with E-state index in [0.29, 0.717) is 0 Å². The Morgan fingerprint density at radius 2 is 2.20 bits per heavy atom. The molecule has 5 nitrogen and oxygen atoms in total. The third kappa shape index (κ3) is 3.49. The van der Waals surface area contributed by atoms with Crippen LogP contribution in [-0.4, -0.2) is 22.8 Å². The van der Waals surface area contributed by atoms with E-state index in [0.717, 1.165) is 6.33 Å². The van der Waals surface area contributed by atoms with E-state index in [1.807, 2.05) is 0 Å². The molecule has 0 fully saturated rings. The number of anilines is 1. The average Bonchev–Trinajstić information content (AvgIpc) is 2.10. The second-order valence-corrected chi connectivity index (χ2v) is 2.66. The van der Waals surface area contributed by atoms with Crippen LogP contribution in [0.5, 0.6) is 5.88 Å². The van der Waals surface area contributed by atoms with Gasteiger partial charge in [0.1, 0.15) is 0 Å². The number of ether oxygens (including phenoxy) is 1. The van der Waals surface area contributed by atoms with Crippen LogP contribution in [-0.2, 0) is 0 Å². The summed E-state index contributed by atoms with van der Waals surface area (Å²) in [6.45, 7) is -0.621. The van der Waals surface area contributed by atoms with Crippen LogP contribution in [0, 0.1) is 0 Å². The molecule has 3 N–H and O–H groups in total. The molecule has 1 aromatic heterocycles. The van der Waals surface area contributed by atoms with Crippen LogP contribution in [0.4, 0.5) is 18.9 Å². The summed E-state index contributed by atoms with van der Waals surface area (Å²) in [6.07, 6.45) is -4.43. The number of alkyl halides is 3. The summed E-state index contributed by atoms with van der Waals surface area (Å²) in [5.74, 6) is -0.289. The van der Waals surface area contributed by atoms with Crippen LogP contribution in [0.2, 0.25) is 0 Å². The zero-order chi connectivity index (χ0) is 11.5. The quantitative estimate of drug-likeness (QED) is 0.789. The number of H-pyrrole nitrogens is 1. The molecule has 0 aliphatic rings. The van der Waals surface area contributed by atoms with Crippen molar-refractivity contribution in [3.05, 3.63) is 16.7 Å². The van der Waals surface area contributed by atoms with Crippen molar-refractivity contribution in [3.8, 4) is 5.88 Å². The van der Waals surface area contributed by atoms with Gasteiger partial charge in [0.05, 0.1) is 19.4 Å². The summed E-state index contributed by atoms with van der Waals surface area (Å²) >= 11 is 0. The molecule has 0 saturated heterocycles. The van der Waals surface area contributed by atoms with Crippen LogP contribution in [0.25, 0.3) is 0 Å². The Hall–Kier alpha value is -1.73. The summed E-state index contributed by atoms with van der Waals surface area (Å²) in [4.78, 5) is 16.5. The van der Waals surface area contributed by atoms with E-state index in [2.05, 4.69) is 14.7 Å². The maximum atomic E-state index is 11.7. The van der Waals surface area contributed by atoms with Gasteiger partial charge in [0, 0.05) is 0 Å². The number of hydrogen-bond donors (Lipinski definition) is 2. The first-order chi connectivity index (χ1) is 6.90. The zero-order valence-electron chi connectivity index (χ0n) is 7.47. The predicted octanol–water partition coefficient (Wildman–Crippen LogP) is 0.683. The molecule has 8 heteroatoms. The predicted molar refractivity (Wildman–Crippen MR) is 45.4 cm³/mol. The van der Waals surface area contributed by atoms with Crippen molar-refractivity contribution in [2.75, 3.05) is 12.3 Å². The van der Waals surface area contributed by atoms with Crippen molar-refractivity contribution in [1.82, 2.24) is 9.97 Å². The maximum absolute atomic E-state index is 11.7. The number of nitrogens with one attached hydrogen (secondary N) is 1. The first-order valence-corrected chi connectivity index (χ1v) is 3.93. The van der Waals surface area contributed by atoms with Crippen molar-refractivity contribution < 1.29 is 17.9 Å². The molecule has 0 atom stereocenters. The van der Waals surface area contributed by atoms with E-state index in [1.54, 1.807) is 0 Å². The Morgan fingerprint density at radius 1 is 1.53 bits per heavy atom. The minimum atomic E-state index is -4.31.